The molecule has 4 nitrogen and oxygen atoms in total. The van der Waals surface area contributed by atoms with E-state index in [0.29, 0.717) is 36.0 Å². The van der Waals surface area contributed by atoms with E-state index in [-0.39, 0.29) is 10.8 Å². The fourth-order valence-electron chi connectivity index (χ4n) is 6.53. The van der Waals surface area contributed by atoms with Gasteiger partial charge in [0, 0.05) is 24.5 Å². The Kier molecular flexibility index (Phi) is 4.20. The highest BCUT2D eigenvalue weighted by atomic mass is 16.5. The predicted octanol–water partition coefficient (Wildman–Crippen LogP) is 3.36. The summed E-state index contributed by atoms with van der Waals surface area (Å²) >= 11 is 0. The Morgan fingerprint density at radius 2 is 2.00 bits per heavy atom. The largest absolute Gasteiger partial charge is 0.428 e. The highest BCUT2D eigenvalue weighted by Gasteiger charge is 2.57. The number of aliphatic hydroxyl groups excluding tert-OH is 2. The molecule has 4 rings (SSSR count). The summed E-state index contributed by atoms with van der Waals surface area (Å²) in [6, 6.07) is 0. The van der Waals surface area contributed by atoms with Gasteiger partial charge >= 0.3 is 5.97 Å². The third kappa shape index (κ3) is 2.38. The fraction of sp³-hybridized carbons (Fsp3) is 0.682. The van der Waals surface area contributed by atoms with E-state index in [2.05, 4.69) is 32.1 Å². The lowest BCUT2D eigenvalue weighted by atomic mass is 9.49. The van der Waals surface area contributed by atoms with Crippen LogP contribution in [0.3, 0.4) is 0 Å². The molecule has 1 unspecified atom stereocenters. The first-order valence-corrected chi connectivity index (χ1v) is 9.91. The molecule has 2 saturated carbocycles. The summed E-state index contributed by atoms with van der Waals surface area (Å²) in [7, 11) is 0. The van der Waals surface area contributed by atoms with Crippen molar-refractivity contribution in [3.05, 3.63) is 35.6 Å². The molecule has 0 aromatic carbocycles. The Morgan fingerprint density at radius 3 is 2.69 bits per heavy atom. The average molecular weight is 358 g/mol. The standard InChI is InChI=1S/C22H30O4/c1-13(24)26-20-18-7-5-15-16-6-4-14(12-23)21(16,2)10-8-17(15)22(18,3)11-9-19(20)25/h5,7,9,11,14-17,19,23,25H,4,6,8,10,12H2,1-3H3/t14-,15-,16-,17-,19?,21+,22+/m0/s1. The lowest BCUT2D eigenvalue weighted by Crippen LogP contribution is -2.49. The SMILES string of the molecule is CC(=O)OC1=C2C=C[C@H]3[C@@H]4CC[C@@H](CO)[C@@]4(C)CC[C@@H]3[C@@]2(C)C=CC1O. The van der Waals surface area contributed by atoms with Crippen molar-refractivity contribution in [2.24, 2.45) is 34.5 Å². The number of hydrogen-bond acceptors (Lipinski definition) is 4. The first kappa shape index (κ1) is 18.0. The summed E-state index contributed by atoms with van der Waals surface area (Å²) in [5.41, 5.74) is 0.945. The Balaban J connectivity index is 1.76. The fourth-order valence-corrected chi connectivity index (χ4v) is 6.53. The van der Waals surface area contributed by atoms with Crippen molar-refractivity contribution in [2.75, 3.05) is 6.61 Å². The summed E-state index contributed by atoms with van der Waals surface area (Å²) in [5.74, 6) is 1.91. The molecule has 0 saturated heterocycles. The van der Waals surface area contributed by atoms with Crippen LogP contribution in [0.4, 0.5) is 0 Å². The summed E-state index contributed by atoms with van der Waals surface area (Å²) < 4.78 is 5.41. The van der Waals surface area contributed by atoms with Crippen LogP contribution in [0.25, 0.3) is 0 Å². The van der Waals surface area contributed by atoms with Gasteiger partial charge in [-0.25, -0.2) is 0 Å². The van der Waals surface area contributed by atoms with Crippen LogP contribution in [0.15, 0.2) is 35.6 Å². The predicted molar refractivity (Wildman–Crippen MR) is 98.8 cm³/mol. The van der Waals surface area contributed by atoms with E-state index >= 15 is 0 Å². The van der Waals surface area contributed by atoms with Gasteiger partial charge in [0.15, 0.2) is 0 Å². The number of carbonyl (C=O) groups excluding carboxylic acids is 1. The zero-order valence-corrected chi connectivity index (χ0v) is 15.9. The van der Waals surface area contributed by atoms with Crippen molar-refractivity contribution >= 4 is 5.97 Å². The second-order valence-electron chi connectivity index (χ2n) is 9.11. The molecule has 2 fully saturated rings. The van der Waals surface area contributed by atoms with Crippen LogP contribution in [0, 0.1) is 34.5 Å². The summed E-state index contributed by atoms with van der Waals surface area (Å²) in [5, 5.41) is 20.2. The molecule has 0 bridgehead atoms. The number of hydrogen-bond donors (Lipinski definition) is 2. The van der Waals surface area contributed by atoms with Gasteiger partial charge in [0.05, 0.1) is 0 Å². The van der Waals surface area contributed by atoms with Gasteiger partial charge in [0.1, 0.15) is 11.9 Å². The smallest absolute Gasteiger partial charge is 0.307 e. The Hall–Kier alpha value is -1.39. The third-order valence-corrected chi connectivity index (χ3v) is 8.00. The molecule has 0 heterocycles. The number of esters is 1. The molecule has 0 aromatic heterocycles. The van der Waals surface area contributed by atoms with Crippen molar-refractivity contribution < 1.29 is 19.7 Å². The first-order valence-electron chi connectivity index (χ1n) is 9.91. The second-order valence-corrected chi connectivity index (χ2v) is 9.11. The molecule has 0 aliphatic heterocycles. The molecular weight excluding hydrogens is 328 g/mol. The molecule has 7 atom stereocenters. The van der Waals surface area contributed by atoms with Crippen LogP contribution in [0.5, 0.6) is 0 Å². The van der Waals surface area contributed by atoms with Crippen molar-refractivity contribution in [3.63, 3.8) is 0 Å². The topological polar surface area (TPSA) is 66.8 Å². The summed E-state index contributed by atoms with van der Waals surface area (Å²) in [6.07, 6.45) is 11.9. The van der Waals surface area contributed by atoms with Gasteiger partial charge < -0.3 is 14.9 Å². The summed E-state index contributed by atoms with van der Waals surface area (Å²) in [4.78, 5) is 11.5. The van der Waals surface area contributed by atoms with Gasteiger partial charge in [-0.15, -0.1) is 0 Å². The maximum Gasteiger partial charge on any atom is 0.307 e. The van der Waals surface area contributed by atoms with E-state index in [1.54, 1.807) is 6.08 Å². The molecule has 0 spiro atoms. The Bertz CT molecular complexity index is 705. The normalized spacial score (nSPS) is 46.6. The van der Waals surface area contributed by atoms with E-state index in [4.69, 9.17) is 4.74 Å². The molecule has 0 radical (unpaired) electrons. The minimum absolute atomic E-state index is 0.217. The first-order chi connectivity index (χ1) is 12.3. The monoisotopic (exact) mass is 358 g/mol. The number of ether oxygens (including phenoxy) is 1. The summed E-state index contributed by atoms with van der Waals surface area (Å²) in [6.45, 7) is 6.26. The minimum Gasteiger partial charge on any atom is -0.428 e. The molecule has 0 amide bonds. The van der Waals surface area contributed by atoms with E-state index in [1.165, 1.54) is 13.3 Å². The van der Waals surface area contributed by atoms with Crippen LogP contribution >= 0.6 is 0 Å². The van der Waals surface area contributed by atoms with E-state index in [0.717, 1.165) is 24.8 Å². The van der Waals surface area contributed by atoms with E-state index < -0.39 is 12.1 Å². The van der Waals surface area contributed by atoms with Gasteiger partial charge in [-0.2, -0.15) is 0 Å². The highest BCUT2D eigenvalue weighted by Crippen LogP contribution is 2.64. The Morgan fingerprint density at radius 1 is 1.23 bits per heavy atom. The maximum atomic E-state index is 11.5. The van der Waals surface area contributed by atoms with Crippen LogP contribution in [-0.4, -0.2) is 28.9 Å². The molecule has 0 aromatic rings. The highest BCUT2D eigenvalue weighted by molar-refractivity contribution is 5.68. The quantitative estimate of drug-likeness (QED) is 0.587. The molecule has 2 N–H and O–H groups in total. The van der Waals surface area contributed by atoms with Crippen LogP contribution < -0.4 is 0 Å². The molecule has 4 aliphatic carbocycles. The van der Waals surface area contributed by atoms with Crippen molar-refractivity contribution in [1.82, 2.24) is 0 Å². The van der Waals surface area contributed by atoms with Crippen LogP contribution in [0.2, 0.25) is 0 Å². The van der Waals surface area contributed by atoms with Crippen molar-refractivity contribution in [3.8, 4) is 0 Å². The zero-order chi connectivity index (χ0) is 18.7. The molecule has 142 valence electrons. The number of rotatable bonds is 2. The van der Waals surface area contributed by atoms with Crippen LogP contribution in [0.1, 0.15) is 46.5 Å². The third-order valence-electron chi connectivity index (χ3n) is 8.00. The van der Waals surface area contributed by atoms with E-state index in [9.17, 15) is 15.0 Å². The lowest BCUT2D eigenvalue weighted by molar-refractivity contribution is -0.138. The lowest BCUT2D eigenvalue weighted by Gasteiger charge is -2.55. The second kappa shape index (κ2) is 6.07. The number of aliphatic hydroxyl groups is 2. The van der Waals surface area contributed by atoms with Gasteiger partial charge in [-0.05, 0) is 54.8 Å². The average Bonchev–Trinajstić information content (AvgIpc) is 2.94. The number of allylic oxidation sites excluding steroid dienone is 4. The van der Waals surface area contributed by atoms with Gasteiger partial charge in [-0.1, -0.05) is 38.2 Å². The minimum atomic E-state index is -0.859. The van der Waals surface area contributed by atoms with Crippen molar-refractivity contribution in [2.45, 2.75) is 52.6 Å². The molecule has 4 heteroatoms. The number of carbonyl (C=O) groups is 1. The van der Waals surface area contributed by atoms with E-state index in [1.807, 2.05) is 0 Å². The maximum absolute atomic E-state index is 11.5. The Labute approximate surface area is 155 Å². The van der Waals surface area contributed by atoms with Crippen molar-refractivity contribution in [1.29, 1.82) is 0 Å². The number of fused-ring (bicyclic) bond motifs is 5. The van der Waals surface area contributed by atoms with Gasteiger partial charge in [0.25, 0.3) is 0 Å². The van der Waals surface area contributed by atoms with Gasteiger partial charge in [0.2, 0.25) is 0 Å². The van der Waals surface area contributed by atoms with Gasteiger partial charge in [-0.3, -0.25) is 4.79 Å². The van der Waals surface area contributed by atoms with Crippen LogP contribution in [-0.2, 0) is 9.53 Å². The zero-order valence-electron chi connectivity index (χ0n) is 15.9. The molecule has 26 heavy (non-hydrogen) atoms. The molecule has 4 aliphatic rings. The molecular formula is C22H30O4.